The van der Waals surface area contributed by atoms with Crippen LogP contribution in [0.1, 0.15) is 50.0 Å². The molecular formula is C16H19NO2. The van der Waals surface area contributed by atoms with E-state index in [1.165, 1.54) is 6.42 Å². The molecule has 0 radical (unpaired) electrons. The summed E-state index contributed by atoms with van der Waals surface area (Å²) in [6.45, 7) is 0. The lowest BCUT2D eigenvalue weighted by Crippen LogP contribution is -2.41. The largest absolute Gasteiger partial charge is 0.279 e. The Morgan fingerprint density at radius 1 is 0.947 bits per heavy atom. The molecule has 3 rings (SSSR count). The third-order valence-electron chi connectivity index (χ3n) is 4.32. The first kappa shape index (κ1) is 12.4. The van der Waals surface area contributed by atoms with Crippen molar-refractivity contribution in [3.8, 4) is 0 Å². The van der Waals surface area contributed by atoms with Crippen LogP contribution >= 0.6 is 0 Å². The minimum atomic E-state index is -0.254. The third kappa shape index (κ3) is 2.29. The standard InChI is InChI=1S/C16H19NO2/c18-15-11-14(12-7-3-1-4-8-12)16(19)17(15)13-9-5-2-6-10-13/h1,3-4,7-8,13-14H,2,5-6,9-11H2/t14-/m0/s1. The highest BCUT2D eigenvalue weighted by Gasteiger charge is 2.42. The zero-order valence-corrected chi connectivity index (χ0v) is 11.0. The highest BCUT2D eigenvalue weighted by molar-refractivity contribution is 6.06. The maximum Gasteiger partial charge on any atom is 0.237 e. The molecule has 1 saturated heterocycles. The number of rotatable bonds is 2. The van der Waals surface area contributed by atoms with Crippen molar-refractivity contribution in [2.45, 2.75) is 50.5 Å². The van der Waals surface area contributed by atoms with E-state index in [1.54, 1.807) is 4.90 Å². The molecule has 0 spiro atoms. The summed E-state index contributed by atoms with van der Waals surface area (Å²) in [5, 5.41) is 0. The summed E-state index contributed by atoms with van der Waals surface area (Å²) >= 11 is 0. The molecule has 1 aromatic rings. The van der Waals surface area contributed by atoms with Crippen molar-refractivity contribution in [3.05, 3.63) is 35.9 Å². The van der Waals surface area contributed by atoms with Crippen LogP contribution in [0, 0.1) is 0 Å². The van der Waals surface area contributed by atoms with Crippen molar-refractivity contribution < 1.29 is 9.59 Å². The molecule has 1 aliphatic carbocycles. The predicted octanol–water partition coefficient (Wildman–Crippen LogP) is 2.86. The van der Waals surface area contributed by atoms with E-state index in [2.05, 4.69) is 0 Å². The topological polar surface area (TPSA) is 37.4 Å². The highest BCUT2D eigenvalue weighted by atomic mass is 16.2. The van der Waals surface area contributed by atoms with E-state index in [0.29, 0.717) is 6.42 Å². The van der Waals surface area contributed by atoms with Crippen LogP contribution in [-0.4, -0.2) is 22.8 Å². The summed E-state index contributed by atoms with van der Waals surface area (Å²) in [5.74, 6) is -0.218. The summed E-state index contributed by atoms with van der Waals surface area (Å²) in [6.07, 6.45) is 5.82. The number of imide groups is 1. The van der Waals surface area contributed by atoms with Crippen LogP contribution in [0.5, 0.6) is 0 Å². The molecule has 19 heavy (non-hydrogen) atoms. The summed E-state index contributed by atoms with van der Waals surface area (Å²) < 4.78 is 0. The Morgan fingerprint density at radius 2 is 1.63 bits per heavy atom. The van der Waals surface area contributed by atoms with Crippen LogP contribution in [0.2, 0.25) is 0 Å². The SMILES string of the molecule is O=C1C[C@@H](c2ccccc2)C(=O)N1C1CCCCC1. The lowest BCUT2D eigenvalue weighted by molar-refractivity contribution is -0.142. The second-order valence-corrected chi connectivity index (χ2v) is 5.56. The third-order valence-corrected chi connectivity index (χ3v) is 4.32. The van der Waals surface area contributed by atoms with Gasteiger partial charge >= 0.3 is 0 Å². The van der Waals surface area contributed by atoms with E-state index in [9.17, 15) is 9.59 Å². The minimum absolute atomic E-state index is 0.0168. The van der Waals surface area contributed by atoms with Crippen molar-refractivity contribution in [2.24, 2.45) is 0 Å². The van der Waals surface area contributed by atoms with Gasteiger partial charge in [-0.2, -0.15) is 0 Å². The molecule has 3 heteroatoms. The molecule has 2 fully saturated rings. The molecule has 2 amide bonds. The van der Waals surface area contributed by atoms with Gasteiger partial charge in [-0.25, -0.2) is 0 Å². The number of carbonyl (C=O) groups is 2. The summed E-state index contributed by atoms with van der Waals surface area (Å²) in [7, 11) is 0. The first-order valence-corrected chi connectivity index (χ1v) is 7.18. The fraction of sp³-hybridized carbons (Fsp3) is 0.500. The summed E-state index contributed by atoms with van der Waals surface area (Å²) in [6, 6.07) is 9.83. The number of hydrogen-bond donors (Lipinski definition) is 0. The van der Waals surface area contributed by atoms with Gasteiger partial charge in [0.15, 0.2) is 0 Å². The van der Waals surface area contributed by atoms with Gasteiger partial charge in [0.1, 0.15) is 0 Å². The van der Waals surface area contributed by atoms with Gasteiger partial charge in [0.2, 0.25) is 11.8 Å². The van der Waals surface area contributed by atoms with Crippen LogP contribution in [-0.2, 0) is 9.59 Å². The Hall–Kier alpha value is -1.64. The van der Waals surface area contributed by atoms with Crippen molar-refractivity contribution in [1.82, 2.24) is 4.90 Å². The average Bonchev–Trinajstić information content (AvgIpc) is 2.76. The molecule has 0 bridgehead atoms. The molecule has 1 aromatic carbocycles. The maximum absolute atomic E-state index is 12.5. The minimum Gasteiger partial charge on any atom is -0.279 e. The Balaban J connectivity index is 1.81. The van der Waals surface area contributed by atoms with Gasteiger partial charge < -0.3 is 0 Å². The molecule has 1 atom stereocenters. The summed E-state index contributed by atoms with van der Waals surface area (Å²) in [4.78, 5) is 26.3. The van der Waals surface area contributed by atoms with Crippen LogP contribution in [0.25, 0.3) is 0 Å². The van der Waals surface area contributed by atoms with Gasteiger partial charge in [-0.3, -0.25) is 14.5 Å². The normalized spacial score (nSPS) is 25.1. The predicted molar refractivity (Wildman–Crippen MR) is 72.5 cm³/mol. The van der Waals surface area contributed by atoms with Crippen molar-refractivity contribution in [3.63, 3.8) is 0 Å². The molecule has 2 aliphatic rings. The Bertz CT molecular complexity index is 477. The quantitative estimate of drug-likeness (QED) is 0.764. The maximum atomic E-state index is 12.5. The molecule has 0 aromatic heterocycles. The molecule has 3 nitrogen and oxygen atoms in total. The molecule has 0 unspecified atom stereocenters. The number of hydrogen-bond acceptors (Lipinski definition) is 2. The van der Waals surface area contributed by atoms with Crippen LogP contribution in [0.4, 0.5) is 0 Å². The average molecular weight is 257 g/mol. The number of benzene rings is 1. The molecule has 1 heterocycles. The number of carbonyl (C=O) groups excluding carboxylic acids is 2. The van der Waals surface area contributed by atoms with Gasteiger partial charge in [-0.05, 0) is 18.4 Å². The number of amides is 2. The van der Waals surface area contributed by atoms with Gasteiger partial charge in [-0.15, -0.1) is 0 Å². The van der Waals surface area contributed by atoms with E-state index in [1.807, 2.05) is 30.3 Å². The molecule has 1 saturated carbocycles. The molecular weight excluding hydrogens is 238 g/mol. The lowest BCUT2D eigenvalue weighted by atomic mass is 9.94. The fourth-order valence-corrected chi connectivity index (χ4v) is 3.32. The van der Waals surface area contributed by atoms with Gasteiger partial charge in [0.05, 0.1) is 5.92 Å². The highest BCUT2D eigenvalue weighted by Crippen LogP contribution is 2.34. The number of likely N-dealkylation sites (tertiary alicyclic amines) is 1. The van der Waals surface area contributed by atoms with Gasteiger partial charge in [0.25, 0.3) is 0 Å². The van der Waals surface area contributed by atoms with E-state index in [0.717, 1.165) is 31.2 Å². The Labute approximate surface area is 113 Å². The molecule has 1 aliphatic heterocycles. The number of nitrogens with zero attached hydrogens (tertiary/aromatic N) is 1. The van der Waals surface area contributed by atoms with E-state index >= 15 is 0 Å². The van der Waals surface area contributed by atoms with Crippen molar-refractivity contribution in [1.29, 1.82) is 0 Å². The van der Waals surface area contributed by atoms with Gasteiger partial charge in [0, 0.05) is 12.5 Å². The smallest absolute Gasteiger partial charge is 0.237 e. The summed E-state index contributed by atoms with van der Waals surface area (Å²) in [5.41, 5.74) is 0.971. The first-order chi connectivity index (χ1) is 9.27. The Morgan fingerprint density at radius 3 is 2.32 bits per heavy atom. The van der Waals surface area contributed by atoms with Crippen molar-refractivity contribution in [2.75, 3.05) is 0 Å². The molecule has 100 valence electrons. The monoisotopic (exact) mass is 257 g/mol. The van der Waals surface area contributed by atoms with Crippen LogP contribution in [0.3, 0.4) is 0 Å². The fourth-order valence-electron chi connectivity index (χ4n) is 3.32. The second kappa shape index (κ2) is 5.16. The van der Waals surface area contributed by atoms with E-state index < -0.39 is 0 Å². The second-order valence-electron chi connectivity index (χ2n) is 5.56. The van der Waals surface area contributed by atoms with Crippen LogP contribution < -0.4 is 0 Å². The first-order valence-electron chi connectivity index (χ1n) is 7.18. The van der Waals surface area contributed by atoms with E-state index in [4.69, 9.17) is 0 Å². The van der Waals surface area contributed by atoms with E-state index in [-0.39, 0.29) is 23.8 Å². The zero-order chi connectivity index (χ0) is 13.2. The van der Waals surface area contributed by atoms with Crippen molar-refractivity contribution >= 4 is 11.8 Å². The van der Waals surface area contributed by atoms with Crippen LogP contribution in [0.15, 0.2) is 30.3 Å². The zero-order valence-electron chi connectivity index (χ0n) is 11.0. The Kier molecular flexibility index (Phi) is 3.36. The van der Waals surface area contributed by atoms with Gasteiger partial charge in [-0.1, -0.05) is 49.6 Å². The molecule has 0 N–H and O–H groups in total. The lowest BCUT2D eigenvalue weighted by Gasteiger charge is -2.29.